The fourth-order valence-electron chi connectivity index (χ4n) is 4.10. The van der Waals surface area contributed by atoms with Crippen LogP contribution >= 0.6 is 0 Å². The number of nitrogens with one attached hydrogen (secondary N) is 2. The van der Waals surface area contributed by atoms with Gasteiger partial charge in [0.15, 0.2) is 0 Å². The molecule has 1 saturated heterocycles. The highest BCUT2D eigenvalue weighted by molar-refractivity contribution is 5.97. The third kappa shape index (κ3) is 4.52. The molecule has 11 heteroatoms. The lowest BCUT2D eigenvalue weighted by molar-refractivity contribution is -0.114. The Balaban J connectivity index is 1.50. The topological polar surface area (TPSA) is 132 Å². The molecule has 2 unspecified atom stereocenters. The maximum atomic E-state index is 14.9. The second-order valence-electron chi connectivity index (χ2n) is 7.99. The van der Waals surface area contributed by atoms with Gasteiger partial charge in [-0.3, -0.25) is 14.6 Å². The number of primary amides is 1. The minimum absolute atomic E-state index is 0.00243. The molecule has 180 valence electrons. The molecular weight excluding hydrogens is 448 g/mol. The fraction of sp³-hybridized carbons (Fsp3) is 0.304. The van der Waals surface area contributed by atoms with Gasteiger partial charge in [-0.15, -0.1) is 0 Å². The Hall–Kier alpha value is -3.70. The summed E-state index contributed by atoms with van der Waals surface area (Å²) in [5, 5.41) is 4.21. The standard InChI is InChI=1S/C23H25F2N5O4/c1-33-18-5-4-14(24)9-16(18)23(32)28-10-13-3-2-12(8-17(13)25)20-19(22(27)31)21(26)30(29-20)15-6-7-34-11-15/h2-5,8-9,15,20,29H,6-7,10-11,26H2,1H3,(H2,27,31)(H,28,32). The van der Waals surface area contributed by atoms with Gasteiger partial charge in [0.25, 0.3) is 5.91 Å². The quantitative estimate of drug-likeness (QED) is 0.475. The summed E-state index contributed by atoms with van der Waals surface area (Å²) in [6.07, 6.45) is 0.718. The second-order valence-corrected chi connectivity index (χ2v) is 7.99. The zero-order valence-corrected chi connectivity index (χ0v) is 18.4. The van der Waals surface area contributed by atoms with Crippen molar-refractivity contribution in [2.24, 2.45) is 11.5 Å². The molecule has 2 amide bonds. The summed E-state index contributed by atoms with van der Waals surface area (Å²) < 4.78 is 38.9. The van der Waals surface area contributed by atoms with Crippen molar-refractivity contribution >= 4 is 11.8 Å². The van der Waals surface area contributed by atoms with Crippen LogP contribution in [0.15, 0.2) is 47.8 Å². The van der Waals surface area contributed by atoms with Gasteiger partial charge in [-0.2, -0.15) is 0 Å². The average Bonchev–Trinajstić information content (AvgIpc) is 3.45. The fourth-order valence-corrected chi connectivity index (χ4v) is 4.10. The number of methoxy groups -OCH3 is 1. The highest BCUT2D eigenvalue weighted by Crippen LogP contribution is 2.33. The molecular formula is C23H25F2N5O4. The van der Waals surface area contributed by atoms with E-state index >= 15 is 0 Å². The van der Waals surface area contributed by atoms with E-state index in [2.05, 4.69) is 10.7 Å². The van der Waals surface area contributed by atoms with E-state index in [1.807, 2.05) is 0 Å². The Kier molecular flexibility index (Phi) is 6.66. The third-order valence-corrected chi connectivity index (χ3v) is 5.88. The molecule has 6 N–H and O–H groups in total. The van der Waals surface area contributed by atoms with Crippen LogP contribution in [0.1, 0.15) is 33.9 Å². The summed E-state index contributed by atoms with van der Waals surface area (Å²) in [5.74, 6) is -2.13. The van der Waals surface area contributed by atoms with Crippen LogP contribution in [-0.2, 0) is 16.1 Å². The Morgan fingerprint density at radius 3 is 2.71 bits per heavy atom. The molecule has 0 aromatic heterocycles. The van der Waals surface area contributed by atoms with Crippen molar-refractivity contribution in [2.45, 2.75) is 25.0 Å². The second kappa shape index (κ2) is 9.65. The monoisotopic (exact) mass is 473 g/mol. The average molecular weight is 473 g/mol. The van der Waals surface area contributed by atoms with E-state index in [4.69, 9.17) is 20.9 Å². The number of benzene rings is 2. The molecule has 0 radical (unpaired) electrons. The van der Waals surface area contributed by atoms with E-state index in [-0.39, 0.29) is 40.9 Å². The maximum Gasteiger partial charge on any atom is 0.255 e. The van der Waals surface area contributed by atoms with Crippen molar-refractivity contribution in [1.29, 1.82) is 0 Å². The number of nitrogens with zero attached hydrogens (tertiary/aromatic N) is 1. The molecule has 2 aliphatic rings. The van der Waals surface area contributed by atoms with E-state index in [0.29, 0.717) is 18.8 Å². The van der Waals surface area contributed by atoms with Crippen LogP contribution in [0.2, 0.25) is 0 Å². The molecule has 4 rings (SSSR count). The highest BCUT2D eigenvalue weighted by atomic mass is 19.1. The number of ether oxygens (including phenoxy) is 2. The first-order valence-electron chi connectivity index (χ1n) is 10.6. The Morgan fingerprint density at radius 2 is 2.06 bits per heavy atom. The van der Waals surface area contributed by atoms with Crippen LogP contribution in [0.25, 0.3) is 0 Å². The number of nitrogens with two attached hydrogens (primary N) is 2. The number of rotatable bonds is 7. The van der Waals surface area contributed by atoms with Crippen LogP contribution in [0.4, 0.5) is 8.78 Å². The molecule has 0 saturated carbocycles. The minimum Gasteiger partial charge on any atom is -0.496 e. The molecule has 2 atom stereocenters. The van der Waals surface area contributed by atoms with Gasteiger partial charge in [0.05, 0.1) is 36.9 Å². The third-order valence-electron chi connectivity index (χ3n) is 5.88. The van der Waals surface area contributed by atoms with Crippen molar-refractivity contribution in [3.63, 3.8) is 0 Å². The Morgan fingerprint density at radius 1 is 1.26 bits per heavy atom. The van der Waals surface area contributed by atoms with Crippen LogP contribution < -0.4 is 26.9 Å². The first-order valence-corrected chi connectivity index (χ1v) is 10.6. The summed E-state index contributed by atoms with van der Waals surface area (Å²) in [7, 11) is 1.36. The van der Waals surface area contributed by atoms with E-state index in [9.17, 15) is 18.4 Å². The predicted molar refractivity (Wildman–Crippen MR) is 118 cm³/mol. The van der Waals surface area contributed by atoms with E-state index in [1.165, 1.54) is 31.4 Å². The molecule has 2 aromatic carbocycles. The molecule has 2 aromatic rings. The van der Waals surface area contributed by atoms with Gasteiger partial charge in [0.2, 0.25) is 5.91 Å². The summed E-state index contributed by atoms with van der Waals surface area (Å²) in [6, 6.07) is 7.13. The first kappa shape index (κ1) is 23.5. The lowest BCUT2D eigenvalue weighted by Crippen LogP contribution is -2.44. The van der Waals surface area contributed by atoms with Crippen molar-refractivity contribution in [3.8, 4) is 5.75 Å². The number of carbonyl (C=O) groups excluding carboxylic acids is 2. The lowest BCUT2D eigenvalue weighted by atomic mass is 9.98. The summed E-state index contributed by atoms with van der Waals surface area (Å²) in [4.78, 5) is 24.6. The van der Waals surface area contributed by atoms with Crippen LogP contribution in [-0.4, -0.2) is 43.2 Å². The maximum absolute atomic E-state index is 14.9. The number of hydrogen-bond acceptors (Lipinski definition) is 7. The Bertz CT molecular complexity index is 1150. The molecule has 1 fully saturated rings. The van der Waals surface area contributed by atoms with E-state index < -0.39 is 29.5 Å². The lowest BCUT2D eigenvalue weighted by Gasteiger charge is -2.27. The first-order chi connectivity index (χ1) is 16.3. The van der Waals surface area contributed by atoms with Gasteiger partial charge in [-0.1, -0.05) is 12.1 Å². The van der Waals surface area contributed by atoms with Gasteiger partial charge in [-0.25, -0.2) is 14.2 Å². The number of halogens is 2. The van der Waals surface area contributed by atoms with Crippen molar-refractivity contribution in [1.82, 2.24) is 15.8 Å². The molecule has 2 aliphatic heterocycles. The zero-order valence-electron chi connectivity index (χ0n) is 18.4. The van der Waals surface area contributed by atoms with Crippen molar-refractivity contribution in [2.75, 3.05) is 20.3 Å². The van der Waals surface area contributed by atoms with Crippen molar-refractivity contribution < 1.29 is 27.8 Å². The zero-order chi connectivity index (χ0) is 24.4. The molecule has 0 aliphatic carbocycles. The largest absolute Gasteiger partial charge is 0.496 e. The number of amides is 2. The normalized spacial score (nSPS) is 20.0. The van der Waals surface area contributed by atoms with Gasteiger partial charge < -0.3 is 26.3 Å². The van der Waals surface area contributed by atoms with E-state index in [0.717, 1.165) is 12.5 Å². The van der Waals surface area contributed by atoms with Gasteiger partial charge >= 0.3 is 0 Å². The highest BCUT2D eigenvalue weighted by Gasteiger charge is 2.38. The molecule has 9 nitrogen and oxygen atoms in total. The number of hydrazine groups is 1. The molecule has 34 heavy (non-hydrogen) atoms. The van der Waals surface area contributed by atoms with Gasteiger partial charge in [0, 0.05) is 18.7 Å². The van der Waals surface area contributed by atoms with E-state index in [1.54, 1.807) is 11.1 Å². The van der Waals surface area contributed by atoms with Gasteiger partial charge in [-0.05, 0) is 36.2 Å². The van der Waals surface area contributed by atoms with Gasteiger partial charge in [0.1, 0.15) is 23.2 Å². The molecule has 0 bridgehead atoms. The van der Waals surface area contributed by atoms with Crippen molar-refractivity contribution in [3.05, 3.63) is 76.1 Å². The number of hydrogen-bond donors (Lipinski definition) is 4. The summed E-state index contributed by atoms with van der Waals surface area (Å²) in [6.45, 7) is 0.869. The summed E-state index contributed by atoms with van der Waals surface area (Å²) >= 11 is 0. The minimum atomic E-state index is -0.729. The molecule has 2 heterocycles. The van der Waals surface area contributed by atoms with Crippen LogP contribution in [0, 0.1) is 11.6 Å². The predicted octanol–water partition coefficient (Wildman–Crippen LogP) is 1.21. The molecule has 0 spiro atoms. The smallest absolute Gasteiger partial charge is 0.255 e. The SMILES string of the molecule is COc1ccc(F)cc1C(=O)NCc1ccc(C2NN(C3CCOC3)C(N)=C2C(N)=O)cc1F. The number of carbonyl (C=O) groups is 2. The van der Waals surface area contributed by atoms with Crippen LogP contribution in [0.3, 0.4) is 0 Å². The van der Waals surface area contributed by atoms with Crippen LogP contribution in [0.5, 0.6) is 5.75 Å². The Labute approximate surface area is 194 Å². The summed E-state index contributed by atoms with van der Waals surface area (Å²) in [5.41, 5.74) is 15.7.